The molecule has 1 aliphatic rings. The van der Waals surface area contributed by atoms with Crippen molar-refractivity contribution < 1.29 is 4.79 Å². The van der Waals surface area contributed by atoms with Gasteiger partial charge in [0, 0.05) is 19.2 Å². The van der Waals surface area contributed by atoms with Crippen LogP contribution in [-0.2, 0) is 7.05 Å². The van der Waals surface area contributed by atoms with Gasteiger partial charge in [-0.1, -0.05) is 0 Å². The molecule has 0 bridgehead atoms. The molecule has 2 heterocycles. The Bertz CT molecular complexity index is 862. The smallest absolute Gasteiger partial charge is 0.328 e. The van der Waals surface area contributed by atoms with E-state index >= 15 is 0 Å². The maximum atomic E-state index is 12.2. The van der Waals surface area contributed by atoms with Crippen LogP contribution in [0.15, 0.2) is 27.8 Å². The zero-order valence-electron chi connectivity index (χ0n) is 13.8. The molecule has 2 N–H and O–H groups in total. The molecule has 2 aromatic rings. The van der Waals surface area contributed by atoms with Crippen LogP contribution < -0.4 is 16.6 Å². The van der Waals surface area contributed by atoms with E-state index in [-0.39, 0.29) is 11.5 Å². The van der Waals surface area contributed by atoms with Crippen LogP contribution in [0, 0.1) is 0 Å². The number of carbonyl (C=O) groups excluding carboxylic acids is 1. The maximum Gasteiger partial charge on any atom is 0.328 e. The summed E-state index contributed by atoms with van der Waals surface area (Å²) in [5.41, 5.74) is -0.0395. The van der Waals surface area contributed by atoms with E-state index in [1.54, 1.807) is 18.2 Å². The van der Waals surface area contributed by atoms with Crippen LogP contribution in [0.5, 0.6) is 0 Å². The molecule has 1 saturated heterocycles. The summed E-state index contributed by atoms with van der Waals surface area (Å²) >= 11 is 0. The number of nitrogens with zero attached hydrogens (tertiary/aromatic N) is 2. The lowest BCUT2D eigenvalue weighted by Crippen LogP contribution is -2.32. The molecule has 0 saturated carbocycles. The van der Waals surface area contributed by atoms with E-state index in [1.807, 2.05) is 0 Å². The van der Waals surface area contributed by atoms with Gasteiger partial charge >= 0.3 is 5.69 Å². The molecule has 128 valence electrons. The number of hydrogen-bond donors (Lipinski definition) is 2. The van der Waals surface area contributed by atoms with E-state index in [9.17, 15) is 14.4 Å². The first kappa shape index (κ1) is 16.4. The topological polar surface area (TPSA) is 87.2 Å². The molecule has 7 nitrogen and oxygen atoms in total. The highest BCUT2D eigenvalue weighted by molar-refractivity contribution is 5.97. The number of fused-ring (bicyclic) bond motifs is 1. The number of benzene rings is 1. The lowest BCUT2D eigenvalue weighted by Gasteiger charge is -2.14. The van der Waals surface area contributed by atoms with Crippen molar-refractivity contribution in [3.05, 3.63) is 44.6 Å². The third-order valence-corrected chi connectivity index (χ3v) is 4.50. The average molecular weight is 330 g/mol. The van der Waals surface area contributed by atoms with Gasteiger partial charge in [0.05, 0.1) is 10.9 Å². The second kappa shape index (κ2) is 7.00. The summed E-state index contributed by atoms with van der Waals surface area (Å²) in [6.45, 7) is 3.92. The summed E-state index contributed by atoms with van der Waals surface area (Å²) < 4.78 is 1.01. The predicted octanol–water partition coefficient (Wildman–Crippen LogP) is 0.442. The molecule has 1 aliphatic heterocycles. The number of aromatic nitrogens is 2. The second-order valence-electron chi connectivity index (χ2n) is 6.21. The van der Waals surface area contributed by atoms with Crippen molar-refractivity contribution >= 4 is 16.8 Å². The highest BCUT2D eigenvalue weighted by atomic mass is 16.2. The summed E-state index contributed by atoms with van der Waals surface area (Å²) in [5, 5.41) is 3.28. The van der Waals surface area contributed by atoms with E-state index in [1.165, 1.54) is 19.9 Å². The minimum absolute atomic E-state index is 0.195. The molecule has 0 radical (unpaired) electrons. The van der Waals surface area contributed by atoms with E-state index < -0.39 is 5.69 Å². The Morgan fingerprint density at radius 3 is 2.75 bits per heavy atom. The normalized spacial score (nSPS) is 15.0. The van der Waals surface area contributed by atoms with Crippen molar-refractivity contribution in [1.82, 2.24) is 19.8 Å². The van der Waals surface area contributed by atoms with E-state index in [0.29, 0.717) is 23.0 Å². The van der Waals surface area contributed by atoms with Gasteiger partial charge in [-0.05, 0) is 57.1 Å². The first-order valence-electron chi connectivity index (χ1n) is 8.30. The number of likely N-dealkylation sites (tertiary alicyclic amines) is 1. The van der Waals surface area contributed by atoms with Crippen molar-refractivity contribution in [3.63, 3.8) is 0 Å². The Labute approximate surface area is 139 Å². The summed E-state index contributed by atoms with van der Waals surface area (Å²) in [6, 6.07) is 4.73. The van der Waals surface area contributed by atoms with Gasteiger partial charge in [-0.3, -0.25) is 14.2 Å². The zero-order valence-corrected chi connectivity index (χ0v) is 13.8. The number of H-pyrrole nitrogens is 1. The number of aromatic amines is 1. The van der Waals surface area contributed by atoms with E-state index in [4.69, 9.17) is 0 Å². The number of hydrogen-bond acceptors (Lipinski definition) is 4. The molecule has 24 heavy (non-hydrogen) atoms. The van der Waals surface area contributed by atoms with Crippen molar-refractivity contribution in [1.29, 1.82) is 0 Å². The fraction of sp³-hybridized carbons (Fsp3) is 0.471. The number of rotatable bonds is 5. The SMILES string of the molecule is Cn1c(=O)[nH]c2cc(C(=O)NCCCN3CCCC3)ccc2c1=O. The summed E-state index contributed by atoms with van der Waals surface area (Å²) in [7, 11) is 1.42. The molecule has 3 rings (SSSR count). The lowest BCUT2D eigenvalue weighted by atomic mass is 10.1. The molecule has 1 amide bonds. The Balaban J connectivity index is 1.65. The van der Waals surface area contributed by atoms with E-state index in [0.717, 1.165) is 30.6 Å². The second-order valence-corrected chi connectivity index (χ2v) is 6.21. The zero-order chi connectivity index (χ0) is 17.1. The Morgan fingerprint density at radius 2 is 2.00 bits per heavy atom. The lowest BCUT2D eigenvalue weighted by molar-refractivity contribution is 0.0952. The van der Waals surface area contributed by atoms with Gasteiger partial charge in [0.15, 0.2) is 0 Å². The maximum absolute atomic E-state index is 12.2. The Morgan fingerprint density at radius 1 is 1.25 bits per heavy atom. The monoisotopic (exact) mass is 330 g/mol. The standard InChI is InChI=1S/C17H22N4O3/c1-20-16(23)13-6-5-12(11-14(13)19-17(20)24)15(22)18-7-4-10-21-8-2-3-9-21/h5-6,11H,2-4,7-10H2,1H3,(H,18,22)(H,19,24). The summed E-state index contributed by atoms with van der Waals surface area (Å²) in [6.07, 6.45) is 3.44. The molecule has 1 aromatic heterocycles. The van der Waals surface area contributed by atoms with Crippen molar-refractivity contribution in [2.24, 2.45) is 7.05 Å². The fourth-order valence-electron chi connectivity index (χ4n) is 3.06. The minimum atomic E-state index is -0.490. The molecule has 1 aromatic carbocycles. The molecule has 0 spiro atoms. The van der Waals surface area contributed by atoms with E-state index in [2.05, 4.69) is 15.2 Å². The summed E-state index contributed by atoms with van der Waals surface area (Å²) in [5.74, 6) is -0.195. The van der Waals surface area contributed by atoms with Crippen LogP contribution in [-0.4, -0.2) is 46.5 Å². The first-order valence-corrected chi connectivity index (χ1v) is 8.30. The van der Waals surface area contributed by atoms with Crippen LogP contribution in [0.2, 0.25) is 0 Å². The summed E-state index contributed by atoms with van der Waals surface area (Å²) in [4.78, 5) is 40.9. The van der Waals surface area contributed by atoms with Crippen molar-refractivity contribution in [3.8, 4) is 0 Å². The Kier molecular flexibility index (Phi) is 4.80. The first-order chi connectivity index (χ1) is 11.6. The quantitative estimate of drug-likeness (QED) is 0.779. The molecule has 1 fully saturated rings. The van der Waals surface area contributed by atoms with Gasteiger partial charge in [-0.25, -0.2) is 4.79 Å². The molecule has 0 unspecified atom stereocenters. The molecule has 0 aliphatic carbocycles. The van der Waals surface area contributed by atoms with Crippen LogP contribution in [0.4, 0.5) is 0 Å². The molecule has 7 heteroatoms. The molecule has 0 atom stereocenters. The predicted molar refractivity (Wildman–Crippen MR) is 92.4 cm³/mol. The van der Waals surface area contributed by atoms with Crippen LogP contribution in [0.1, 0.15) is 29.6 Å². The number of amides is 1. The average Bonchev–Trinajstić information content (AvgIpc) is 3.09. The Hall–Kier alpha value is -2.41. The number of carbonyl (C=O) groups is 1. The van der Waals surface area contributed by atoms with Crippen LogP contribution in [0.3, 0.4) is 0 Å². The van der Waals surface area contributed by atoms with Gasteiger partial charge in [-0.2, -0.15) is 0 Å². The molecular weight excluding hydrogens is 308 g/mol. The third-order valence-electron chi connectivity index (χ3n) is 4.50. The van der Waals surface area contributed by atoms with Gasteiger partial charge in [-0.15, -0.1) is 0 Å². The van der Waals surface area contributed by atoms with Crippen molar-refractivity contribution in [2.75, 3.05) is 26.2 Å². The van der Waals surface area contributed by atoms with Gasteiger partial charge in [0.1, 0.15) is 0 Å². The highest BCUT2D eigenvalue weighted by Gasteiger charge is 2.12. The van der Waals surface area contributed by atoms with Crippen molar-refractivity contribution in [2.45, 2.75) is 19.3 Å². The van der Waals surface area contributed by atoms with Gasteiger partial charge < -0.3 is 15.2 Å². The van der Waals surface area contributed by atoms with Gasteiger partial charge in [0.25, 0.3) is 11.5 Å². The largest absolute Gasteiger partial charge is 0.352 e. The number of nitrogens with one attached hydrogen (secondary N) is 2. The highest BCUT2D eigenvalue weighted by Crippen LogP contribution is 2.09. The molecular formula is C17H22N4O3. The minimum Gasteiger partial charge on any atom is -0.352 e. The van der Waals surface area contributed by atoms with Crippen LogP contribution >= 0.6 is 0 Å². The fourth-order valence-corrected chi connectivity index (χ4v) is 3.06. The van der Waals surface area contributed by atoms with Crippen LogP contribution in [0.25, 0.3) is 10.9 Å². The van der Waals surface area contributed by atoms with Gasteiger partial charge in [0.2, 0.25) is 0 Å². The third kappa shape index (κ3) is 3.41.